The molecule has 0 aliphatic carbocycles. The number of carbonyl (C=O) groups is 2. The second-order valence-electron chi connectivity index (χ2n) is 4.44. The number of aromatic nitrogens is 1. The number of aliphatic carboxylic acids is 1. The smallest absolute Gasteiger partial charge is 0.308 e. The molecule has 1 saturated heterocycles. The van der Waals surface area contributed by atoms with Gasteiger partial charge in [0.25, 0.3) is 5.91 Å². The van der Waals surface area contributed by atoms with E-state index < -0.39 is 11.9 Å². The molecular weight excluding hydrogens is 252 g/mol. The van der Waals surface area contributed by atoms with Crippen LogP contribution in [0.25, 0.3) is 0 Å². The Hall–Kier alpha value is -1.43. The third-order valence-electron chi connectivity index (χ3n) is 3.05. The third kappa shape index (κ3) is 2.69. The van der Waals surface area contributed by atoms with Crippen molar-refractivity contribution in [3.63, 3.8) is 0 Å². The molecule has 0 radical (unpaired) electrons. The first kappa shape index (κ1) is 13.0. The highest BCUT2D eigenvalue weighted by Gasteiger charge is 2.31. The van der Waals surface area contributed by atoms with Gasteiger partial charge in [0.1, 0.15) is 4.88 Å². The monoisotopic (exact) mass is 268 g/mol. The fourth-order valence-corrected chi connectivity index (χ4v) is 3.03. The fourth-order valence-electron chi connectivity index (χ4n) is 2.04. The summed E-state index contributed by atoms with van der Waals surface area (Å²) >= 11 is 1.41. The predicted molar refractivity (Wildman–Crippen MR) is 67.8 cm³/mol. The summed E-state index contributed by atoms with van der Waals surface area (Å²) in [6.07, 6.45) is 4.04. The lowest BCUT2D eigenvalue weighted by Gasteiger charge is -2.13. The van der Waals surface area contributed by atoms with Gasteiger partial charge >= 0.3 is 5.97 Å². The molecule has 5 nitrogen and oxygen atoms in total. The highest BCUT2D eigenvalue weighted by molar-refractivity contribution is 7.13. The summed E-state index contributed by atoms with van der Waals surface area (Å²) < 4.78 is 0. The predicted octanol–water partition coefficient (Wildman–Crippen LogP) is 1.64. The van der Waals surface area contributed by atoms with Crippen molar-refractivity contribution in [1.82, 2.24) is 9.88 Å². The van der Waals surface area contributed by atoms with Crippen molar-refractivity contribution < 1.29 is 14.7 Å². The molecular formula is C12H16N2O3S. The van der Waals surface area contributed by atoms with Crippen LogP contribution in [0.15, 0.2) is 6.20 Å². The number of aryl methyl sites for hydroxylation is 1. The Morgan fingerprint density at radius 2 is 2.39 bits per heavy atom. The third-order valence-corrected chi connectivity index (χ3v) is 4.10. The molecule has 1 N–H and O–H groups in total. The van der Waals surface area contributed by atoms with Gasteiger partial charge in [0.05, 0.1) is 17.1 Å². The number of rotatable bonds is 4. The van der Waals surface area contributed by atoms with E-state index in [0.717, 1.165) is 17.8 Å². The first-order valence-electron chi connectivity index (χ1n) is 6.08. The largest absolute Gasteiger partial charge is 0.481 e. The normalized spacial score (nSPS) is 19.2. The highest BCUT2D eigenvalue weighted by atomic mass is 32.1. The quantitative estimate of drug-likeness (QED) is 0.901. The van der Waals surface area contributed by atoms with Crippen LogP contribution in [-0.4, -0.2) is 40.0 Å². The van der Waals surface area contributed by atoms with Gasteiger partial charge < -0.3 is 10.0 Å². The van der Waals surface area contributed by atoms with Gasteiger partial charge in [-0.05, 0) is 19.3 Å². The van der Waals surface area contributed by atoms with Crippen LogP contribution in [-0.2, 0) is 11.2 Å². The van der Waals surface area contributed by atoms with Crippen molar-refractivity contribution in [2.24, 2.45) is 5.92 Å². The second kappa shape index (κ2) is 5.48. The van der Waals surface area contributed by atoms with Gasteiger partial charge in [-0.15, -0.1) is 11.3 Å². The molecule has 1 aliphatic rings. The lowest BCUT2D eigenvalue weighted by Crippen LogP contribution is -2.29. The van der Waals surface area contributed by atoms with Crippen LogP contribution in [0, 0.1) is 5.92 Å². The Labute approximate surface area is 109 Å². The number of amides is 1. The molecule has 1 atom stereocenters. The van der Waals surface area contributed by atoms with Crippen LogP contribution >= 0.6 is 11.3 Å². The Morgan fingerprint density at radius 1 is 1.61 bits per heavy atom. The van der Waals surface area contributed by atoms with E-state index in [1.54, 1.807) is 11.1 Å². The second-order valence-corrected chi connectivity index (χ2v) is 5.56. The molecule has 1 aromatic heterocycles. The molecule has 1 amide bonds. The average molecular weight is 268 g/mol. The lowest BCUT2D eigenvalue weighted by atomic mass is 10.1. The van der Waals surface area contributed by atoms with Crippen LogP contribution in [0.5, 0.6) is 0 Å². The van der Waals surface area contributed by atoms with Gasteiger partial charge in [0, 0.05) is 13.1 Å². The zero-order valence-electron chi connectivity index (χ0n) is 10.3. The van der Waals surface area contributed by atoms with Crippen molar-refractivity contribution in [3.8, 4) is 0 Å². The molecule has 2 rings (SSSR count). The molecule has 0 aromatic carbocycles. The van der Waals surface area contributed by atoms with Crippen molar-refractivity contribution in [2.45, 2.75) is 26.2 Å². The van der Waals surface area contributed by atoms with E-state index in [-0.39, 0.29) is 5.91 Å². The molecule has 0 saturated carbocycles. The number of thiazole rings is 1. The summed E-state index contributed by atoms with van der Waals surface area (Å²) in [6, 6.07) is 0. The van der Waals surface area contributed by atoms with Crippen molar-refractivity contribution in [3.05, 3.63) is 16.1 Å². The van der Waals surface area contributed by atoms with E-state index in [1.165, 1.54) is 11.3 Å². The minimum atomic E-state index is -0.818. The first-order valence-corrected chi connectivity index (χ1v) is 6.90. The summed E-state index contributed by atoms with van der Waals surface area (Å²) in [5.74, 6) is -1.32. The van der Waals surface area contributed by atoms with Crippen LogP contribution in [0.2, 0.25) is 0 Å². The van der Waals surface area contributed by atoms with E-state index in [1.807, 2.05) is 0 Å². The average Bonchev–Trinajstić information content (AvgIpc) is 2.97. The van der Waals surface area contributed by atoms with E-state index >= 15 is 0 Å². The number of carboxylic acids is 1. The van der Waals surface area contributed by atoms with Crippen molar-refractivity contribution in [2.75, 3.05) is 13.1 Å². The summed E-state index contributed by atoms with van der Waals surface area (Å²) in [6.45, 7) is 2.91. The Kier molecular flexibility index (Phi) is 3.96. The molecule has 1 aliphatic heterocycles. The van der Waals surface area contributed by atoms with E-state index in [0.29, 0.717) is 24.4 Å². The molecule has 0 spiro atoms. The Balaban J connectivity index is 2.01. The topological polar surface area (TPSA) is 70.5 Å². The van der Waals surface area contributed by atoms with Crippen LogP contribution in [0.1, 0.15) is 34.4 Å². The van der Waals surface area contributed by atoms with E-state index in [2.05, 4.69) is 11.9 Å². The molecule has 2 heterocycles. The van der Waals surface area contributed by atoms with E-state index in [4.69, 9.17) is 5.11 Å². The van der Waals surface area contributed by atoms with Gasteiger partial charge in [0.2, 0.25) is 0 Å². The summed E-state index contributed by atoms with van der Waals surface area (Å²) in [7, 11) is 0. The molecule has 0 bridgehead atoms. The number of likely N-dealkylation sites (tertiary alicyclic amines) is 1. The lowest BCUT2D eigenvalue weighted by molar-refractivity contribution is -0.141. The van der Waals surface area contributed by atoms with Crippen molar-refractivity contribution >= 4 is 23.2 Å². The SMILES string of the molecule is CCCc1ncc(C(=O)N2CCC(C(=O)O)C2)s1. The zero-order valence-corrected chi connectivity index (χ0v) is 11.1. The van der Waals surface area contributed by atoms with Crippen molar-refractivity contribution in [1.29, 1.82) is 0 Å². The number of nitrogens with zero attached hydrogens (tertiary/aromatic N) is 2. The zero-order chi connectivity index (χ0) is 13.1. The maximum absolute atomic E-state index is 12.1. The molecule has 18 heavy (non-hydrogen) atoms. The minimum absolute atomic E-state index is 0.0846. The molecule has 6 heteroatoms. The molecule has 1 aromatic rings. The van der Waals surface area contributed by atoms with Crippen LogP contribution in [0.3, 0.4) is 0 Å². The minimum Gasteiger partial charge on any atom is -0.481 e. The van der Waals surface area contributed by atoms with Gasteiger partial charge in [0.15, 0.2) is 0 Å². The first-order chi connectivity index (χ1) is 8.61. The summed E-state index contributed by atoms with van der Waals surface area (Å²) in [5, 5.41) is 9.88. The van der Waals surface area contributed by atoms with Crippen LogP contribution < -0.4 is 0 Å². The number of hydrogen-bond donors (Lipinski definition) is 1. The van der Waals surface area contributed by atoms with E-state index in [9.17, 15) is 9.59 Å². The standard InChI is InChI=1S/C12H16N2O3S/c1-2-3-10-13-6-9(18-10)11(15)14-5-4-8(7-14)12(16)17/h6,8H,2-5,7H2,1H3,(H,16,17). The Morgan fingerprint density at radius 3 is 3.00 bits per heavy atom. The number of carboxylic acid groups (broad SMARTS) is 1. The van der Waals surface area contributed by atoms with Gasteiger partial charge in [-0.3, -0.25) is 9.59 Å². The molecule has 1 fully saturated rings. The summed E-state index contributed by atoms with van der Waals surface area (Å²) in [5.41, 5.74) is 0. The summed E-state index contributed by atoms with van der Waals surface area (Å²) in [4.78, 5) is 29.4. The molecule has 98 valence electrons. The van der Waals surface area contributed by atoms with Crippen LogP contribution in [0.4, 0.5) is 0 Å². The van der Waals surface area contributed by atoms with Gasteiger partial charge in [-0.1, -0.05) is 6.92 Å². The van der Waals surface area contributed by atoms with Gasteiger partial charge in [-0.25, -0.2) is 4.98 Å². The fraction of sp³-hybridized carbons (Fsp3) is 0.583. The maximum atomic E-state index is 12.1. The maximum Gasteiger partial charge on any atom is 0.308 e. The Bertz CT molecular complexity index is 458. The number of hydrogen-bond acceptors (Lipinski definition) is 4. The number of carbonyl (C=O) groups excluding carboxylic acids is 1. The van der Waals surface area contributed by atoms with Gasteiger partial charge in [-0.2, -0.15) is 0 Å². The highest BCUT2D eigenvalue weighted by Crippen LogP contribution is 2.22. The molecule has 1 unspecified atom stereocenters.